The Labute approximate surface area is 82.6 Å². The summed E-state index contributed by atoms with van der Waals surface area (Å²) in [5.74, 6) is -1.38. The van der Waals surface area contributed by atoms with Crippen molar-refractivity contribution in [3.63, 3.8) is 0 Å². The minimum Gasteiger partial charge on any atom is -0.481 e. The summed E-state index contributed by atoms with van der Waals surface area (Å²) in [7, 11) is 0. The second-order valence-corrected chi connectivity index (χ2v) is 3.34. The second kappa shape index (κ2) is 5.42. The minimum absolute atomic E-state index is 0.0389. The molecule has 0 aromatic heterocycles. The Hall–Kier alpha value is -1.32. The fourth-order valence-electron chi connectivity index (χ4n) is 1.47. The van der Waals surface area contributed by atoms with Gasteiger partial charge in [0.05, 0.1) is 6.42 Å². The summed E-state index contributed by atoms with van der Waals surface area (Å²) in [6.45, 7) is 0. The summed E-state index contributed by atoms with van der Waals surface area (Å²) in [5.41, 5.74) is 0. The molecule has 0 spiro atoms. The van der Waals surface area contributed by atoms with Gasteiger partial charge in [0.1, 0.15) is 6.10 Å². The first-order valence-electron chi connectivity index (χ1n) is 4.77. The number of carbonyl (C=O) groups excluding carboxylic acids is 1. The van der Waals surface area contributed by atoms with Crippen molar-refractivity contribution in [2.45, 2.75) is 38.2 Å². The van der Waals surface area contributed by atoms with E-state index in [4.69, 9.17) is 9.84 Å². The molecule has 0 amide bonds. The van der Waals surface area contributed by atoms with Crippen molar-refractivity contribution in [1.29, 1.82) is 0 Å². The van der Waals surface area contributed by atoms with Gasteiger partial charge in [0, 0.05) is 6.08 Å². The molecular formula is C10H14O4. The molecule has 0 radical (unpaired) electrons. The quantitative estimate of drug-likeness (QED) is 0.549. The van der Waals surface area contributed by atoms with Crippen molar-refractivity contribution in [1.82, 2.24) is 0 Å². The predicted molar refractivity (Wildman–Crippen MR) is 49.7 cm³/mol. The van der Waals surface area contributed by atoms with Crippen LogP contribution >= 0.6 is 0 Å². The number of rotatable bonds is 4. The molecule has 78 valence electrons. The number of hydrogen-bond acceptors (Lipinski definition) is 3. The molecule has 1 rings (SSSR count). The van der Waals surface area contributed by atoms with E-state index in [0.29, 0.717) is 0 Å². The fraction of sp³-hybridized carbons (Fsp3) is 0.600. The molecule has 0 bridgehead atoms. The highest BCUT2D eigenvalue weighted by atomic mass is 16.5. The van der Waals surface area contributed by atoms with E-state index in [-0.39, 0.29) is 12.5 Å². The monoisotopic (exact) mass is 198 g/mol. The predicted octanol–water partition coefficient (Wildman–Crippen LogP) is 1.50. The number of aliphatic carboxylic acids is 1. The maximum atomic E-state index is 11.1. The smallest absolute Gasteiger partial charge is 0.330 e. The SMILES string of the molecule is O=C(O)CC=CC(=O)OC1CCCC1. The summed E-state index contributed by atoms with van der Waals surface area (Å²) in [5, 5.41) is 8.31. The molecule has 0 unspecified atom stereocenters. The highest BCUT2D eigenvalue weighted by molar-refractivity contribution is 5.83. The van der Waals surface area contributed by atoms with Crippen LogP contribution in [0.3, 0.4) is 0 Å². The highest BCUT2D eigenvalue weighted by Gasteiger charge is 2.17. The van der Waals surface area contributed by atoms with E-state index in [1.807, 2.05) is 0 Å². The molecule has 0 heterocycles. The standard InChI is InChI=1S/C10H14O4/c11-9(12)6-3-7-10(13)14-8-4-1-2-5-8/h3,7-8H,1-2,4-6H2,(H,11,12). The Morgan fingerprint density at radius 3 is 2.57 bits per heavy atom. The Balaban J connectivity index is 2.20. The zero-order chi connectivity index (χ0) is 10.4. The first-order chi connectivity index (χ1) is 6.68. The summed E-state index contributed by atoms with van der Waals surface area (Å²) in [6, 6.07) is 0. The lowest BCUT2D eigenvalue weighted by Gasteiger charge is -2.08. The topological polar surface area (TPSA) is 63.6 Å². The van der Waals surface area contributed by atoms with Crippen LogP contribution in [-0.2, 0) is 14.3 Å². The molecule has 0 aromatic carbocycles. The van der Waals surface area contributed by atoms with E-state index in [1.54, 1.807) is 0 Å². The zero-order valence-electron chi connectivity index (χ0n) is 7.94. The van der Waals surface area contributed by atoms with Crippen molar-refractivity contribution in [3.8, 4) is 0 Å². The molecule has 14 heavy (non-hydrogen) atoms. The lowest BCUT2D eigenvalue weighted by Crippen LogP contribution is -2.12. The van der Waals surface area contributed by atoms with Crippen LogP contribution in [0.4, 0.5) is 0 Å². The zero-order valence-corrected chi connectivity index (χ0v) is 7.94. The third-order valence-electron chi connectivity index (χ3n) is 2.13. The summed E-state index contributed by atoms with van der Waals surface area (Å²) in [6.07, 6.45) is 6.47. The van der Waals surface area contributed by atoms with Crippen LogP contribution in [0.1, 0.15) is 32.1 Å². The van der Waals surface area contributed by atoms with E-state index in [9.17, 15) is 9.59 Å². The van der Waals surface area contributed by atoms with Gasteiger partial charge in [0.25, 0.3) is 0 Å². The largest absolute Gasteiger partial charge is 0.481 e. The van der Waals surface area contributed by atoms with Crippen LogP contribution < -0.4 is 0 Å². The maximum absolute atomic E-state index is 11.1. The van der Waals surface area contributed by atoms with Gasteiger partial charge in [-0.1, -0.05) is 6.08 Å². The van der Waals surface area contributed by atoms with E-state index in [1.165, 1.54) is 12.2 Å². The molecule has 1 saturated carbocycles. The average molecular weight is 198 g/mol. The van der Waals surface area contributed by atoms with Crippen molar-refractivity contribution < 1.29 is 19.4 Å². The van der Waals surface area contributed by atoms with Crippen LogP contribution in [0.2, 0.25) is 0 Å². The third-order valence-corrected chi connectivity index (χ3v) is 2.13. The number of hydrogen-bond donors (Lipinski definition) is 1. The number of esters is 1. The molecule has 1 aliphatic carbocycles. The summed E-state index contributed by atoms with van der Waals surface area (Å²) in [4.78, 5) is 21.2. The molecule has 0 aromatic rings. The van der Waals surface area contributed by atoms with E-state index in [2.05, 4.69) is 0 Å². The molecule has 4 heteroatoms. The lowest BCUT2D eigenvalue weighted by molar-refractivity contribution is -0.142. The minimum atomic E-state index is -0.949. The molecule has 0 atom stereocenters. The first-order valence-corrected chi connectivity index (χ1v) is 4.77. The van der Waals surface area contributed by atoms with Crippen LogP contribution in [0.5, 0.6) is 0 Å². The Morgan fingerprint density at radius 1 is 1.36 bits per heavy atom. The number of carboxylic acids is 1. The maximum Gasteiger partial charge on any atom is 0.330 e. The van der Waals surface area contributed by atoms with Crippen LogP contribution in [0.25, 0.3) is 0 Å². The van der Waals surface area contributed by atoms with E-state index >= 15 is 0 Å². The lowest BCUT2D eigenvalue weighted by atomic mass is 10.3. The van der Waals surface area contributed by atoms with Crippen molar-refractivity contribution >= 4 is 11.9 Å². The number of carboxylic acid groups (broad SMARTS) is 1. The van der Waals surface area contributed by atoms with Gasteiger partial charge in [-0.2, -0.15) is 0 Å². The molecule has 1 aliphatic rings. The number of carbonyl (C=O) groups is 2. The molecular weight excluding hydrogens is 184 g/mol. The van der Waals surface area contributed by atoms with Crippen LogP contribution in [-0.4, -0.2) is 23.1 Å². The Morgan fingerprint density at radius 2 is 2.00 bits per heavy atom. The normalized spacial score (nSPS) is 17.4. The fourth-order valence-corrected chi connectivity index (χ4v) is 1.47. The Kier molecular flexibility index (Phi) is 4.16. The molecule has 0 saturated heterocycles. The van der Waals surface area contributed by atoms with E-state index in [0.717, 1.165) is 25.7 Å². The van der Waals surface area contributed by atoms with Gasteiger partial charge in [-0.3, -0.25) is 4.79 Å². The van der Waals surface area contributed by atoms with Gasteiger partial charge in [-0.15, -0.1) is 0 Å². The molecule has 4 nitrogen and oxygen atoms in total. The highest BCUT2D eigenvalue weighted by Crippen LogP contribution is 2.20. The second-order valence-electron chi connectivity index (χ2n) is 3.34. The summed E-state index contributed by atoms with van der Waals surface area (Å²) < 4.78 is 5.07. The average Bonchev–Trinajstić information content (AvgIpc) is 2.56. The molecule has 1 fully saturated rings. The number of ether oxygens (including phenoxy) is 1. The van der Waals surface area contributed by atoms with E-state index < -0.39 is 11.9 Å². The van der Waals surface area contributed by atoms with Crippen molar-refractivity contribution in [2.24, 2.45) is 0 Å². The van der Waals surface area contributed by atoms with Gasteiger partial charge in [-0.25, -0.2) is 4.79 Å². The van der Waals surface area contributed by atoms with Gasteiger partial charge in [0.15, 0.2) is 0 Å². The van der Waals surface area contributed by atoms with Crippen molar-refractivity contribution in [2.75, 3.05) is 0 Å². The van der Waals surface area contributed by atoms with Gasteiger partial charge >= 0.3 is 11.9 Å². The molecule has 0 aliphatic heterocycles. The first kappa shape index (κ1) is 10.8. The van der Waals surface area contributed by atoms with Gasteiger partial charge in [-0.05, 0) is 25.7 Å². The van der Waals surface area contributed by atoms with Crippen molar-refractivity contribution in [3.05, 3.63) is 12.2 Å². The Bertz CT molecular complexity index is 239. The molecule has 1 N–H and O–H groups in total. The van der Waals surface area contributed by atoms with Gasteiger partial charge in [0.2, 0.25) is 0 Å². The van der Waals surface area contributed by atoms with Crippen LogP contribution in [0.15, 0.2) is 12.2 Å². The van der Waals surface area contributed by atoms with Gasteiger partial charge < -0.3 is 9.84 Å². The summed E-state index contributed by atoms with van der Waals surface area (Å²) >= 11 is 0. The van der Waals surface area contributed by atoms with Crippen LogP contribution in [0, 0.1) is 0 Å². The third kappa shape index (κ3) is 4.07.